The van der Waals surface area contributed by atoms with Gasteiger partial charge in [-0.25, -0.2) is 9.89 Å². The van der Waals surface area contributed by atoms with E-state index in [2.05, 4.69) is 15.5 Å². The van der Waals surface area contributed by atoms with E-state index in [4.69, 9.17) is 11.6 Å². The molecule has 6 nitrogen and oxygen atoms in total. The molecule has 2 heterocycles. The standard InChI is InChI=1S/C15H13ClN4O2S/c16-12-3-1-10(2-4-12)14(11-5-6-23-8-11)18-13(21)7-20-9-17-19-15(20)22/h1-6,8-9,14H,7H2,(H,18,21)(H,19,22)/t14-/m0/s1. The maximum atomic E-state index is 12.3. The van der Waals surface area contributed by atoms with Crippen LogP contribution in [0.3, 0.4) is 0 Å². The maximum Gasteiger partial charge on any atom is 0.343 e. The van der Waals surface area contributed by atoms with Crippen molar-refractivity contribution in [3.63, 3.8) is 0 Å². The van der Waals surface area contributed by atoms with Crippen LogP contribution in [0.2, 0.25) is 5.02 Å². The molecule has 0 fully saturated rings. The van der Waals surface area contributed by atoms with Crippen LogP contribution in [-0.2, 0) is 11.3 Å². The second kappa shape index (κ2) is 6.80. The summed E-state index contributed by atoms with van der Waals surface area (Å²) in [6.07, 6.45) is 1.30. The van der Waals surface area contributed by atoms with Crippen molar-refractivity contribution in [2.75, 3.05) is 0 Å². The number of nitrogens with zero attached hydrogens (tertiary/aromatic N) is 2. The van der Waals surface area contributed by atoms with Crippen molar-refractivity contribution in [2.24, 2.45) is 0 Å². The number of carbonyl (C=O) groups excluding carboxylic acids is 1. The van der Waals surface area contributed by atoms with E-state index in [1.165, 1.54) is 10.9 Å². The number of thiophene rings is 1. The number of hydrogen-bond acceptors (Lipinski definition) is 4. The van der Waals surface area contributed by atoms with E-state index in [0.717, 1.165) is 11.1 Å². The van der Waals surface area contributed by atoms with Crippen LogP contribution in [0, 0.1) is 0 Å². The third-order valence-electron chi connectivity index (χ3n) is 3.32. The number of aromatic amines is 1. The van der Waals surface area contributed by atoms with Crippen molar-refractivity contribution in [2.45, 2.75) is 12.6 Å². The normalized spacial score (nSPS) is 12.0. The Morgan fingerprint density at radius 1 is 1.30 bits per heavy atom. The Hall–Kier alpha value is -2.38. The van der Waals surface area contributed by atoms with E-state index in [0.29, 0.717) is 5.02 Å². The van der Waals surface area contributed by atoms with Crippen LogP contribution >= 0.6 is 22.9 Å². The number of nitrogens with one attached hydrogen (secondary N) is 2. The molecule has 0 aliphatic heterocycles. The van der Waals surface area contributed by atoms with Crippen LogP contribution in [0.1, 0.15) is 17.2 Å². The molecule has 2 aromatic heterocycles. The lowest BCUT2D eigenvalue weighted by Crippen LogP contribution is -2.34. The monoisotopic (exact) mass is 348 g/mol. The maximum absolute atomic E-state index is 12.3. The van der Waals surface area contributed by atoms with Crippen molar-refractivity contribution in [1.29, 1.82) is 0 Å². The fourth-order valence-corrected chi connectivity index (χ4v) is 3.01. The average Bonchev–Trinajstić information content (AvgIpc) is 3.19. The summed E-state index contributed by atoms with van der Waals surface area (Å²) < 4.78 is 1.21. The third-order valence-corrected chi connectivity index (χ3v) is 4.27. The first-order valence-corrected chi connectivity index (χ1v) is 8.12. The molecule has 0 radical (unpaired) electrons. The minimum absolute atomic E-state index is 0.0937. The van der Waals surface area contributed by atoms with Gasteiger partial charge in [0.1, 0.15) is 12.9 Å². The molecule has 0 aliphatic carbocycles. The van der Waals surface area contributed by atoms with Crippen LogP contribution in [0.4, 0.5) is 0 Å². The molecule has 118 valence electrons. The van der Waals surface area contributed by atoms with E-state index in [1.807, 2.05) is 29.0 Å². The van der Waals surface area contributed by atoms with E-state index < -0.39 is 5.69 Å². The molecule has 0 unspecified atom stereocenters. The molecule has 3 aromatic rings. The summed E-state index contributed by atoms with van der Waals surface area (Å²) in [6, 6.07) is 8.96. The van der Waals surface area contributed by atoms with Crippen molar-refractivity contribution in [3.05, 3.63) is 74.1 Å². The van der Waals surface area contributed by atoms with Gasteiger partial charge in [0.2, 0.25) is 5.91 Å². The van der Waals surface area contributed by atoms with Crippen molar-refractivity contribution >= 4 is 28.8 Å². The minimum atomic E-state index is -0.418. The second-order valence-corrected chi connectivity index (χ2v) is 6.11. The predicted molar refractivity (Wildman–Crippen MR) is 88.6 cm³/mol. The van der Waals surface area contributed by atoms with Gasteiger partial charge in [0, 0.05) is 5.02 Å². The fourth-order valence-electron chi connectivity index (χ4n) is 2.20. The summed E-state index contributed by atoms with van der Waals surface area (Å²) in [5.41, 5.74) is 1.48. The van der Waals surface area contributed by atoms with Crippen LogP contribution < -0.4 is 11.0 Å². The van der Waals surface area contributed by atoms with Gasteiger partial charge in [-0.3, -0.25) is 9.36 Å². The first-order chi connectivity index (χ1) is 11.1. The Labute approximate surface area is 140 Å². The number of hydrogen-bond donors (Lipinski definition) is 2. The zero-order valence-corrected chi connectivity index (χ0v) is 13.5. The van der Waals surface area contributed by atoms with Crippen LogP contribution in [-0.4, -0.2) is 20.7 Å². The highest BCUT2D eigenvalue weighted by atomic mass is 35.5. The number of halogens is 1. The highest BCUT2D eigenvalue weighted by Gasteiger charge is 2.18. The Morgan fingerprint density at radius 3 is 2.70 bits per heavy atom. The van der Waals surface area contributed by atoms with Crippen LogP contribution in [0.5, 0.6) is 0 Å². The molecule has 1 atom stereocenters. The number of rotatable bonds is 5. The highest BCUT2D eigenvalue weighted by Crippen LogP contribution is 2.25. The third kappa shape index (κ3) is 3.69. The number of H-pyrrole nitrogens is 1. The Kier molecular flexibility index (Phi) is 4.59. The molecular weight excluding hydrogens is 336 g/mol. The largest absolute Gasteiger partial charge is 0.344 e. The molecular formula is C15H13ClN4O2S. The molecule has 0 aliphatic rings. The molecule has 0 bridgehead atoms. The molecule has 23 heavy (non-hydrogen) atoms. The Morgan fingerprint density at radius 2 is 2.09 bits per heavy atom. The van der Waals surface area contributed by atoms with Crippen molar-refractivity contribution in [3.8, 4) is 0 Å². The SMILES string of the molecule is O=C(Cn1cn[nH]c1=O)N[C@@H](c1ccc(Cl)cc1)c1ccsc1. The molecule has 8 heteroatoms. The molecule has 0 saturated carbocycles. The smallest absolute Gasteiger partial charge is 0.343 e. The second-order valence-electron chi connectivity index (χ2n) is 4.90. The van der Waals surface area contributed by atoms with Gasteiger partial charge in [0.25, 0.3) is 0 Å². The summed E-state index contributed by atoms with van der Waals surface area (Å²) in [5.74, 6) is -0.278. The molecule has 1 aromatic carbocycles. The van der Waals surface area contributed by atoms with Gasteiger partial charge in [0.05, 0.1) is 6.04 Å². The number of benzene rings is 1. The van der Waals surface area contributed by atoms with Crippen LogP contribution in [0.25, 0.3) is 0 Å². The van der Waals surface area contributed by atoms with Gasteiger partial charge in [-0.05, 0) is 40.1 Å². The van der Waals surface area contributed by atoms with Crippen molar-refractivity contribution in [1.82, 2.24) is 20.1 Å². The van der Waals surface area contributed by atoms with Gasteiger partial charge >= 0.3 is 5.69 Å². The Bertz CT molecular complexity index is 839. The quantitative estimate of drug-likeness (QED) is 0.741. The Balaban J connectivity index is 1.82. The summed E-state index contributed by atoms with van der Waals surface area (Å²) in [6.45, 7) is -0.0937. The minimum Gasteiger partial charge on any atom is -0.344 e. The number of carbonyl (C=O) groups is 1. The number of aromatic nitrogens is 3. The lowest BCUT2D eigenvalue weighted by molar-refractivity contribution is -0.122. The van der Waals surface area contributed by atoms with Crippen LogP contribution in [0.15, 0.2) is 52.2 Å². The van der Waals surface area contributed by atoms with Gasteiger partial charge in [-0.2, -0.15) is 16.4 Å². The molecule has 0 saturated heterocycles. The molecule has 1 amide bonds. The van der Waals surface area contributed by atoms with Crippen molar-refractivity contribution < 1.29 is 4.79 Å². The van der Waals surface area contributed by atoms with Gasteiger partial charge < -0.3 is 5.32 Å². The molecule has 2 N–H and O–H groups in total. The van der Waals surface area contributed by atoms with E-state index >= 15 is 0 Å². The average molecular weight is 349 g/mol. The summed E-state index contributed by atoms with van der Waals surface area (Å²) in [4.78, 5) is 23.7. The van der Waals surface area contributed by atoms with E-state index in [9.17, 15) is 9.59 Å². The summed E-state index contributed by atoms with van der Waals surface area (Å²) in [5, 5.41) is 13.4. The highest BCUT2D eigenvalue weighted by molar-refractivity contribution is 7.08. The zero-order valence-electron chi connectivity index (χ0n) is 11.9. The molecule has 0 spiro atoms. The molecule has 3 rings (SSSR count). The van der Waals surface area contributed by atoms with E-state index in [1.54, 1.807) is 23.5 Å². The topological polar surface area (TPSA) is 79.8 Å². The van der Waals surface area contributed by atoms with E-state index in [-0.39, 0.29) is 18.5 Å². The van der Waals surface area contributed by atoms with Gasteiger partial charge in [-0.1, -0.05) is 23.7 Å². The first kappa shape index (κ1) is 15.5. The first-order valence-electron chi connectivity index (χ1n) is 6.80. The fraction of sp³-hybridized carbons (Fsp3) is 0.133. The summed E-state index contributed by atoms with van der Waals surface area (Å²) in [7, 11) is 0. The van der Waals surface area contributed by atoms with Gasteiger partial charge in [-0.15, -0.1) is 0 Å². The zero-order chi connectivity index (χ0) is 16.2. The summed E-state index contributed by atoms with van der Waals surface area (Å²) >= 11 is 7.48. The van der Waals surface area contributed by atoms with Gasteiger partial charge in [0.15, 0.2) is 0 Å². The lowest BCUT2D eigenvalue weighted by atomic mass is 10.0. The lowest BCUT2D eigenvalue weighted by Gasteiger charge is -2.18. The predicted octanol–water partition coefficient (Wildman–Crippen LogP) is 2.19. The number of amides is 1.